The molecule has 1 aromatic rings. The fourth-order valence-corrected chi connectivity index (χ4v) is 1.61. The molecule has 0 unspecified atom stereocenters. The second-order valence-corrected chi connectivity index (χ2v) is 3.60. The van der Waals surface area contributed by atoms with Crippen LogP contribution in [0.15, 0.2) is 12.3 Å². The van der Waals surface area contributed by atoms with Crippen molar-refractivity contribution >= 4 is 5.82 Å². The number of nitriles is 1. The molecule has 4 heteroatoms. The molecule has 14 heavy (non-hydrogen) atoms. The molecular formula is C10H12N4. The lowest BCUT2D eigenvalue weighted by Gasteiger charge is -2.38. The molecule has 0 aromatic carbocycles. The van der Waals surface area contributed by atoms with E-state index in [-0.39, 0.29) is 6.04 Å². The zero-order valence-corrected chi connectivity index (χ0v) is 8.07. The maximum atomic E-state index is 8.99. The van der Waals surface area contributed by atoms with Crippen LogP contribution >= 0.6 is 0 Å². The average molecular weight is 188 g/mol. The SMILES string of the molecule is Cc1ccnc(N2CC(N)C2)c1C#N. The molecule has 0 radical (unpaired) electrons. The predicted octanol–water partition coefficient (Wildman–Crippen LogP) is 0.409. The highest BCUT2D eigenvalue weighted by Gasteiger charge is 2.26. The van der Waals surface area contributed by atoms with E-state index in [4.69, 9.17) is 11.0 Å². The Hall–Kier alpha value is -1.60. The fourth-order valence-electron chi connectivity index (χ4n) is 1.61. The number of hydrogen-bond donors (Lipinski definition) is 1. The maximum absolute atomic E-state index is 8.99. The first kappa shape index (κ1) is 8.97. The minimum Gasteiger partial charge on any atom is -0.352 e. The Bertz CT molecular complexity index is 388. The van der Waals surface area contributed by atoms with E-state index < -0.39 is 0 Å². The van der Waals surface area contributed by atoms with Gasteiger partial charge >= 0.3 is 0 Å². The van der Waals surface area contributed by atoms with E-state index >= 15 is 0 Å². The normalized spacial score (nSPS) is 16.2. The minimum atomic E-state index is 0.226. The number of nitrogens with two attached hydrogens (primary N) is 1. The highest BCUT2D eigenvalue weighted by Crippen LogP contribution is 2.23. The van der Waals surface area contributed by atoms with Crippen molar-refractivity contribution in [2.24, 2.45) is 5.73 Å². The van der Waals surface area contributed by atoms with Crippen LogP contribution in [0.1, 0.15) is 11.1 Å². The first-order valence-electron chi connectivity index (χ1n) is 4.58. The Morgan fingerprint density at radius 1 is 1.64 bits per heavy atom. The summed E-state index contributed by atoms with van der Waals surface area (Å²) in [5.74, 6) is 0.772. The molecule has 1 aliphatic rings. The number of rotatable bonds is 1. The summed E-state index contributed by atoms with van der Waals surface area (Å²) < 4.78 is 0. The largest absolute Gasteiger partial charge is 0.352 e. The second-order valence-electron chi connectivity index (χ2n) is 3.60. The van der Waals surface area contributed by atoms with E-state index in [9.17, 15) is 0 Å². The van der Waals surface area contributed by atoms with Crippen molar-refractivity contribution in [1.29, 1.82) is 5.26 Å². The van der Waals surface area contributed by atoms with E-state index in [0.717, 1.165) is 24.5 Å². The molecule has 1 aromatic heterocycles. The molecule has 0 aliphatic carbocycles. The van der Waals surface area contributed by atoms with Crippen LogP contribution in [-0.4, -0.2) is 24.1 Å². The maximum Gasteiger partial charge on any atom is 0.146 e. The Labute approximate surface area is 83.0 Å². The summed E-state index contributed by atoms with van der Waals surface area (Å²) in [6.45, 7) is 3.51. The number of anilines is 1. The molecule has 2 rings (SSSR count). The van der Waals surface area contributed by atoms with Gasteiger partial charge in [0.25, 0.3) is 0 Å². The van der Waals surface area contributed by atoms with Crippen molar-refractivity contribution in [2.75, 3.05) is 18.0 Å². The van der Waals surface area contributed by atoms with Gasteiger partial charge in [-0.15, -0.1) is 0 Å². The highest BCUT2D eigenvalue weighted by atomic mass is 15.3. The lowest BCUT2D eigenvalue weighted by molar-refractivity contribution is 0.514. The zero-order chi connectivity index (χ0) is 10.1. The van der Waals surface area contributed by atoms with E-state index in [0.29, 0.717) is 5.56 Å². The third-order valence-electron chi connectivity index (χ3n) is 2.46. The van der Waals surface area contributed by atoms with Crippen molar-refractivity contribution < 1.29 is 0 Å². The minimum absolute atomic E-state index is 0.226. The molecule has 0 bridgehead atoms. The van der Waals surface area contributed by atoms with Crippen molar-refractivity contribution in [3.8, 4) is 6.07 Å². The molecule has 0 saturated carbocycles. The third kappa shape index (κ3) is 1.32. The summed E-state index contributed by atoms with van der Waals surface area (Å²) in [5, 5.41) is 8.99. The van der Waals surface area contributed by atoms with Gasteiger partial charge in [0.05, 0.1) is 5.56 Å². The predicted molar refractivity (Wildman–Crippen MR) is 53.9 cm³/mol. The van der Waals surface area contributed by atoms with Crippen molar-refractivity contribution in [2.45, 2.75) is 13.0 Å². The topological polar surface area (TPSA) is 65.9 Å². The zero-order valence-electron chi connectivity index (χ0n) is 8.07. The molecule has 72 valence electrons. The molecule has 0 spiro atoms. The lowest BCUT2D eigenvalue weighted by atomic mass is 10.1. The number of pyridine rings is 1. The molecular weight excluding hydrogens is 176 g/mol. The van der Waals surface area contributed by atoms with Crippen molar-refractivity contribution in [1.82, 2.24) is 4.98 Å². The second kappa shape index (κ2) is 3.28. The smallest absolute Gasteiger partial charge is 0.146 e. The molecule has 0 atom stereocenters. The Morgan fingerprint density at radius 3 is 2.93 bits per heavy atom. The van der Waals surface area contributed by atoms with E-state index in [1.165, 1.54) is 0 Å². The Balaban J connectivity index is 2.34. The quantitative estimate of drug-likeness (QED) is 0.693. The van der Waals surface area contributed by atoms with Crippen LogP contribution in [-0.2, 0) is 0 Å². The first-order valence-corrected chi connectivity index (χ1v) is 4.58. The summed E-state index contributed by atoms with van der Waals surface area (Å²) in [6.07, 6.45) is 1.73. The molecule has 0 amide bonds. The van der Waals surface area contributed by atoms with Crippen LogP contribution in [0.5, 0.6) is 0 Å². The molecule has 1 aliphatic heterocycles. The molecule has 4 nitrogen and oxygen atoms in total. The van der Waals surface area contributed by atoms with E-state index in [1.54, 1.807) is 6.20 Å². The fraction of sp³-hybridized carbons (Fsp3) is 0.400. The van der Waals surface area contributed by atoms with Gasteiger partial charge in [-0.1, -0.05) is 0 Å². The lowest BCUT2D eigenvalue weighted by Crippen LogP contribution is -2.56. The average Bonchev–Trinajstić information content (AvgIpc) is 2.13. The summed E-state index contributed by atoms with van der Waals surface area (Å²) >= 11 is 0. The van der Waals surface area contributed by atoms with Gasteiger partial charge in [0.1, 0.15) is 11.9 Å². The standard InChI is InChI=1S/C10H12N4/c1-7-2-3-13-10(9(7)4-11)14-5-8(12)6-14/h2-3,8H,5-6,12H2,1H3. The van der Waals surface area contributed by atoms with Gasteiger partial charge < -0.3 is 10.6 Å². The van der Waals surface area contributed by atoms with Crippen LogP contribution in [0.3, 0.4) is 0 Å². The molecule has 1 fully saturated rings. The van der Waals surface area contributed by atoms with Crippen LogP contribution in [0.2, 0.25) is 0 Å². The summed E-state index contributed by atoms with van der Waals surface area (Å²) in [5.41, 5.74) is 7.32. The van der Waals surface area contributed by atoms with Gasteiger partial charge in [-0.2, -0.15) is 5.26 Å². The van der Waals surface area contributed by atoms with Crippen LogP contribution in [0.4, 0.5) is 5.82 Å². The van der Waals surface area contributed by atoms with Crippen molar-refractivity contribution in [3.63, 3.8) is 0 Å². The Morgan fingerprint density at radius 2 is 2.36 bits per heavy atom. The molecule has 2 N–H and O–H groups in total. The van der Waals surface area contributed by atoms with Gasteiger partial charge in [-0.25, -0.2) is 4.98 Å². The van der Waals surface area contributed by atoms with Crippen LogP contribution in [0, 0.1) is 18.3 Å². The van der Waals surface area contributed by atoms with Gasteiger partial charge in [-0.05, 0) is 18.6 Å². The first-order chi connectivity index (χ1) is 6.72. The highest BCUT2D eigenvalue weighted by molar-refractivity contribution is 5.58. The number of nitrogens with zero attached hydrogens (tertiary/aromatic N) is 3. The van der Waals surface area contributed by atoms with Crippen LogP contribution < -0.4 is 10.6 Å². The van der Waals surface area contributed by atoms with Crippen molar-refractivity contribution in [3.05, 3.63) is 23.4 Å². The van der Waals surface area contributed by atoms with E-state index in [2.05, 4.69) is 11.1 Å². The molecule has 1 saturated heterocycles. The summed E-state index contributed by atoms with van der Waals surface area (Å²) in [6, 6.07) is 4.26. The Kier molecular flexibility index (Phi) is 2.10. The van der Waals surface area contributed by atoms with E-state index in [1.807, 2.05) is 17.9 Å². The van der Waals surface area contributed by atoms with Gasteiger partial charge in [-0.3, -0.25) is 0 Å². The summed E-state index contributed by atoms with van der Waals surface area (Å²) in [7, 11) is 0. The van der Waals surface area contributed by atoms with Gasteiger partial charge in [0, 0.05) is 25.3 Å². The number of aryl methyl sites for hydroxylation is 1. The van der Waals surface area contributed by atoms with Gasteiger partial charge in [0.2, 0.25) is 0 Å². The number of hydrogen-bond acceptors (Lipinski definition) is 4. The van der Waals surface area contributed by atoms with Crippen LogP contribution in [0.25, 0.3) is 0 Å². The van der Waals surface area contributed by atoms with Gasteiger partial charge in [0.15, 0.2) is 0 Å². The summed E-state index contributed by atoms with van der Waals surface area (Å²) in [4.78, 5) is 6.25. The monoisotopic (exact) mass is 188 g/mol. The third-order valence-corrected chi connectivity index (χ3v) is 2.46. The molecule has 2 heterocycles. The number of aromatic nitrogens is 1.